The van der Waals surface area contributed by atoms with Gasteiger partial charge in [-0.3, -0.25) is 9.59 Å². The van der Waals surface area contributed by atoms with Crippen LogP contribution in [0.3, 0.4) is 0 Å². The molecule has 2 heterocycles. The standard InChI is InChI=1S/C27H38F3N5O4S/c1-17(2)16-35(20-8-11-34(12-9-20)23(36)10-13-38-4)22-7-6-19(18(3)14-24(37)39-5)15-21(22)31-26-32-25(33-40-26)27(28,29)30/h6-7,15,17-18,20H,8-14,16H2,1-5H3,(H,31,32,33)/t18-/m1/s1. The highest BCUT2D eigenvalue weighted by Gasteiger charge is 2.36. The Morgan fingerprint density at radius 3 is 2.48 bits per heavy atom. The molecule has 1 saturated heterocycles. The summed E-state index contributed by atoms with van der Waals surface area (Å²) in [7, 11) is 2.90. The van der Waals surface area contributed by atoms with Gasteiger partial charge in [-0.05, 0) is 42.4 Å². The third-order valence-electron chi connectivity index (χ3n) is 6.86. The summed E-state index contributed by atoms with van der Waals surface area (Å²) in [6.45, 7) is 8.43. The number of rotatable bonds is 12. The van der Waals surface area contributed by atoms with Crippen LogP contribution in [0.2, 0.25) is 0 Å². The number of hydrogen-bond donors (Lipinski definition) is 1. The Balaban J connectivity index is 1.93. The molecule has 0 aliphatic carbocycles. The number of hydrogen-bond acceptors (Lipinski definition) is 9. The summed E-state index contributed by atoms with van der Waals surface area (Å²) in [5.74, 6) is -1.36. The highest BCUT2D eigenvalue weighted by Crippen LogP contribution is 2.38. The first-order valence-corrected chi connectivity index (χ1v) is 14.1. The van der Waals surface area contributed by atoms with Gasteiger partial charge >= 0.3 is 12.1 Å². The molecule has 40 heavy (non-hydrogen) atoms. The van der Waals surface area contributed by atoms with Crippen molar-refractivity contribution in [2.24, 2.45) is 5.92 Å². The molecule has 2 aromatic rings. The molecule has 1 atom stereocenters. The minimum Gasteiger partial charge on any atom is -0.469 e. The van der Waals surface area contributed by atoms with Gasteiger partial charge in [-0.1, -0.05) is 26.8 Å². The van der Waals surface area contributed by atoms with Crippen molar-refractivity contribution >= 4 is 39.9 Å². The first-order valence-electron chi connectivity index (χ1n) is 13.3. The van der Waals surface area contributed by atoms with Gasteiger partial charge in [0.15, 0.2) is 0 Å². The molecule has 0 bridgehead atoms. The van der Waals surface area contributed by atoms with Crippen LogP contribution in [0, 0.1) is 5.92 Å². The maximum Gasteiger partial charge on any atom is 0.452 e. The third kappa shape index (κ3) is 8.53. The second-order valence-corrected chi connectivity index (χ2v) is 11.2. The zero-order valence-corrected chi connectivity index (χ0v) is 24.4. The molecular weight excluding hydrogens is 547 g/mol. The summed E-state index contributed by atoms with van der Waals surface area (Å²) in [5, 5.41) is 3.10. The van der Waals surface area contributed by atoms with Crippen molar-refractivity contribution in [3.8, 4) is 0 Å². The molecule has 1 aromatic heterocycles. The maximum atomic E-state index is 13.2. The Labute approximate surface area is 237 Å². The number of aromatic nitrogens is 2. The van der Waals surface area contributed by atoms with Gasteiger partial charge in [0.1, 0.15) is 0 Å². The zero-order chi connectivity index (χ0) is 29.4. The van der Waals surface area contributed by atoms with Crippen LogP contribution in [-0.2, 0) is 25.2 Å². The fourth-order valence-corrected chi connectivity index (χ4v) is 5.38. The van der Waals surface area contributed by atoms with Gasteiger partial charge in [0.05, 0.1) is 37.9 Å². The summed E-state index contributed by atoms with van der Waals surface area (Å²) in [4.78, 5) is 32.2. The number of halogens is 3. The molecule has 1 N–H and O–H groups in total. The normalized spacial score (nSPS) is 15.3. The predicted octanol–water partition coefficient (Wildman–Crippen LogP) is 5.46. The van der Waals surface area contributed by atoms with Crippen molar-refractivity contribution in [3.63, 3.8) is 0 Å². The van der Waals surface area contributed by atoms with Crippen LogP contribution in [-0.4, -0.2) is 72.6 Å². The SMILES string of the molecule is COCCC(=O)N1CCC(N(CC(C)C)c2ccc([C@H](C)CC(=O)OC)cc2Nc2nc(C(F)(F)F)ns2)CC1. The van der Waals surface area contributed by atoms with E-state index in [1.165, 1.54) is 7.11 Å². The minimum absolute atomic E-state index is 0.0226. The number of nitrogens with one attached hydrogen (secondary N) is 1. The van der Waals surface area contributed by atoms with E-state index in [2.05, 4.69) is 33.4 Å². The number of amides is 1. The van der Waals surface area contributed by atoms with Crippen molar-refractivity contribution < 1.29 is 32.2 Å². The Bertz CT molecular complexity index is 1140. The number of ether oxygens (including phenoxy) is 2. The highest BCUT2D eigenvalue weighted by molar-refractivity contribution is 7.09. The Morgan fingerprint density at radius 2 is 1.90 bits per heavy atom. The number of methoxy groups -OCH3 is 2. The van der Waals surface area contributed by atoms with Crippen molar-refractivity contribution in [3.05, 3.63) is 29.6 Å². The number of alkyl halides is 3. The van der Waals surface area contributed by atoms with Gasteiger partial charge in [-0.25, -0.2) is 0 Å². The van der Waals surface area contributed by atoms with Gasteiger partial charge in [-0.2, -0.15) is 22.5 Å². The van der Waals surface area contributed by atoms with Crippen LogP contribution in [0.15, 0.2) is 18.2 Å². The van der Waals surface area contributed by atoms with Gasteiger partial charge in [0, 0.05) is 44.3 Å². The second-order valence-electron chi connectivity index (χ2n) is 10.4. The third-order valence-corrected chi connectivity index (χ3v) is 7.49. The molecule has 0 spiro atoms. The average molecular weight is 586 g/mol. The van der Waals surface area contributed by atoms with Gasteiger partial charge in [-0.15, -0.1) is 0 Å². The molecule has 0 unspecified atom stereocenters. The number of esters is 1. The van der Waals surface area contributed by atoms with E-state index in [4.69, 9.17) is 9.47 Å². The molecule has 0 saturated carbocycles. The maximum absolute atomic E-state index is 13.2. The van der Waals surface area contributed by atoms with Gasteiger partial charge in [0.25, 0.3) is 0 Å². The molecule has 13 heteroatoms. The Kier molecular flexibility index (Phi) is 11.1. The van der Waals surface area contributed by atoms with Crippen LogP contribution in [0.5, 0.6) is 0 Å². The molecule has 9 nitrogen and oxygen atoms in total. The van der Waals surface area contributed by atoms with E-state index in [0.717, 1.165) is 24.1 Å². The minimum atomic E-state index is -4.64. The first-order chi connectivity index (χ1) is 18.9. The smallest absolute Gasteiger partial charge is 0.452 e. The van der Waals surface area contributed by atoms with E-state index >= 15 is 0 Å². The Morgan fingerprint density at radius 1 is 1.20 bits per heavy atom. The Hall–Kier alpha value is -2.93. The fraction of sp³-hybridized carbons (Fsp3) is 0.630. The summed E-state index contributed by atoms with van der Waals surface area (Å²) in [6.07, 6.45) is -2.63. The lowest BCUT2D eigenvalue weighted by atomic mass is 9.95. The second kappa shape index (κ2) is 14.1. The van der Waals surface area contributed by atoms with Crippen molar-refractivity contribution in [1.82, 2.24) is 14.3 Å². The molecule has 1 aromatic carbocycles. The molecule has 1 aliphatic rings. The van der Waals surface area contributed by atoms with Gasteiger partial charge in [0.2, 0.25) is 16.9 Å². The predicted molar refractivity (Wildman–Crippen MR) is 148 cm³/mol. The lowest BCUT2D eigenvalue weighted by Gasteiger charge is -2.41. The monoisotopic (exact) mass is 585 g/mol. The molecular formula is C27H38F3N5O4S. The topological polar surface area (TPSA) is 96.9 Å². The first kappa shape index (κ1) is 31.6. The van der Waals surface area contributed by atoms with E-state index in [1.807, 2.05) is 30.0 Å². The van der Waals surface area contributed by atoms with E-state index < -0.39 is 12.0 Å². The number of carbonyl (C=O) groups is 2. The van der Waals surface area contributed by atoms with Crippen LogP contribution in [0.4, 0.5) is 29.7 Å². The van der Waals surface area contributed by atoms with E-state index in [-0.39, 0.29) is 35.4 Å². The average Bonchev–Trinajstić information content (AvgIpc) is 3.39. The molecule has 1 aliphatic heterocycles. The largest absolute Gasteiger partial charge is 0.469 e. The van der Waals surface area contributed by atoms with Crippen LogP contribution in [0.1, 0.15) is 63.8 Å². The number of benzene rings is 1. The summed E-state index contributed by atoms with van der Waals surface area (Å²) in [6, 6.07) is 5.85. The number of piperidine rings is 1. The fourth-order valence-electron chi connectivity index (χ4n) is 4.78. The van der Waals surface area contributed by atoms with Crippen LogP contribution >= 0.6 is 11.5 Å². The summed E-state index contributed by atoms with van der Waals surface area (Å²) < 4.78 is 52.9. The highest BCUT2D eigenvalue weighted by atomic mass is 32.1. The number of anilines is 3. The van der Waals surface area contributed by atoms with Crippen molar-refractivity contribution in [2.75, 3.05) is 50.7 Å². The lowest BCUT2D eigenvalue weighted by Crippen LogP contribution is -2.48. The van der Waals surface area contributed by atoms with Crippen molar-refractivity contribution in [2.45, 2.75) is 64.6 Å². The summed E-state index contributed by atoms with van der Waals surface area (Å²) in [5.41, 5.74) is 2.23. The van der Waals surface area contributed by atoms with Crippen molar-refractivity contribution in [1.29, 1.82) is 0 Å². The van der Waals surface area contributed by atoms with Crippen LogP contribution < -0.4 is 10.2 Å². The molecule has 3 rings (SSSR count). The molecule has 0 radical (unpaired) electrons. The number of carbonyl (C=O) groups excluding carboxylic acids is 2. The molecule has 1 fully saturated rings. The van der Waals surface area contributed by atoms with E-state index in [1.54, 1.807) is 7.11 Å². The zero-order valence-electron chi connectivity index (χ0n) is 23.6. The number of nitrogens with zero attached hydrogens (tertiary/aromatic N) is 4. The summed E-state index contributed by atoms with van der Waals surface area (Å²) >= 11 is 0.640. The van der Waals surface area contributed by atoms with Crippen LogP contribution in [0.25, 0.3) is 0 Å². The van der Waals surface area contributed by atoms with E-state index in [9.17, 15) is 22.8 Å². The lowest BCUT2D eigenvalue weighted by molar-refractivity contribution is -0.144. The molecule has 1 amide bonds. The van der Waals surface area contributed by atoms with E-state index in [0.29, 0.717) is 55.8 Å². The quantitative estimate of drug-likeness (QED) is 0.328. The van der Waals surface area contributed by atoms with Gasteiger partial charge < -0.3 is 24.6 Å². The number of likely N-dealkylation sites (tertiary alicyclic amines) is 1. The molecule has 222 valence electrons.